The van der Waals surface area contributed by atoms with Gasteiger partial charge in [-0.25, -0.2) is 8.42 Å². The normalized spacial score (nSPS) is 22.1. The summed E-state index contributed by atoms with van der Waals surface area (Å²) < 4.78 is 35.0. The van der Waals surface area contributed by atoms with Crippen molar-refractivity contribution in [2.24, 2.45) is 7.05 Å². The van der Waals surface area contributed by atoms with E-state index in [1.165, 1.54) is 0 Å². The van der Waals surface area contributed by atoms with E-state index in [4.69, 9.17) is 4.74 Å². The van der Waals surface area contributed by atoms with Gasteiger partial charge in [0.15, 0.2) is 0 Å². The highest BCUT2D eigenvalue weighted by Crippen LogP contribution is 2.30. The molecule has 6 nitrogen and oxygen atoms in total. The van der Waals surface area contributed by atoms with E-state index in [0.29, 0.717) is 24.3 Å². The third-order valence-electron chi connectivity index (χ3n) is 4.57. The van der Waals surface area contributed by atoms with Crippen LogP contribution in [0.5, 0.6) is 0 Å². The summed E-state index contributed by atoms with van der Waals surface area (Å²) in [7, 11) is -0.0391. The molecule has 2 atom stereocenters. The maximum absolute atomic E-state index is 13.1. The molecule has 1 saturated heterocycles. The first-order valence-electron chi connectivity index (χ1n) is 8.00. The SMILES string of the molecule is CO[C@@H]1CCN(S(=O)(=O)c2ccc(C)cc2)[C@@H]1Cc1cnn(C)c1. The van der Waals surface area contributed by atoms with Crippen molar-refractivity contribution in [3.8, 4) is 0 Å². The number of ether oxygens (including phenoxy) is 1. The number of benzene rings is 1. The minimum Gasteiger partial charge on any atom is -0.380 e. The maximum Gasteiger partial charge on any atom is 0.243 e. The summed E-state index contributed by atoms with van der Waals surface area (Å²) in [6.07, 6.45) is 4.89. The standard InChI is InChI=1S/C17H23N3O3S/c1-13-4-6-15(7-5-13)24(21,22)20-9-8-17(23-3)16(20)10-14-11-18-19(2)12-14/h4-7,11-12,16-17H,8-10H2,1-3H3/t16-,17-/m1/s1. The van der Waals surface area contributed by atoms with E-state index in [9.17, 15) is 8.42 Å². The maximum atomic E-state index is 13.1. The summed E-state index contributed by atoms with van der Waals surface area (Å²) in [6.45, 7) is 2.41. The predicted octanol–water partition coefficient (Wildman–Crippen LogP) is 1.75. The fourth-order valence-corrected chi connectivity index (χ4v) is 4.93. The molecule has 1 aliphatic rings. The Morgan fingerprint density at radius 2 is 2.00 bits per heavy atom. The van der Waals surface area contributed by atoms with Crippen molar-refractivity contribution in [1.29, 1.82) is 0 Å². The number of methoxy groups -OCH3 is 1. The molecule has 130 valence electrons. The highest BCUT2D eigenvalue weighted by atomic mass is 32.2. The molecular formula is C17H23N3O3S. The second-order valence-electron chi connectivity index (χ2n) is 6.29. The Kier molecular flexibility index (Phi) is 4.76. The van der Waals surface area contributed by atoms with E-state index < -0.39 is 10.0 Å². The van der Waals surface area contributed by atoms with Gasteiger partial charge in [-0.3, -0.25) is 4.68 Å². The molecule has 0 unspecified atom stereocenters. The Balaban J connectivity index is 1.90. The van der Waals surface area contributed by atoms with Gasteiger partial charge in [-0.05, 0) is 37.5 Å². The Morgan fingerprint density at radius 1 is 1.29 bits per heavy atom. The Morgan fingerprint density at radius 3 is 2.58 bits per heavy atom. The fourth-order valence-electron chi connectivity index (χ4n) is 3.27. The summed E-state index contributed by atoms with van der Waals surface area (Å²) >= 11 is 0. The van der Waals surface area contributed by atoms with Gasteiger partial charge in [-0.1, -0.05) is 17.7 Å². The second-order valence-corrected chi connectivity index (χ2v) is 8.18. The van der Waals surface area contributed by atoms with Crippen LogP contribution in [0.4, 0.5) is 0 Å². The zero-order chi connectivity index (χ0) is 17.3. The molecule has 0 N–H and O–H groups in total. The van der Waals surface area contributed by atoms with Crippen LogP contribution in [0.3, 0.4) is 0 Å². The van der Waals surface area contributed by atoms with Gasteiger partial charge in [0.2, 0.25) is 10.0 Å². The van der Waals surface area contributed by atoms with Gasteiger partial charge in [0.05, 0.1) is 23.2 Å². The number of aryl methyl sites for hydroxylation is 2. The van der Waals surface area contributed by atoms with Crippen LogP contribution >= 0.6 is 0 Å². The molecule has 0 saturated carbocycles. The number of hydrogen-bond acceptors (Lipinski definition) is 4. The molecule has 0 spiro atoms. The fraction of sp³-hybridized carbons (Fsp3) is 0.471. The molecule has 1 aliphatic heterocycles. The summed E-state index contributed by atoms with van der Waals surface area (Å²) in [4.78, 5) is 0.334. The Hall–Kier alpha value is -1.70. The lowest BCUT2D eigenvalue weighted by atomic mass is 10.1. The van der Waals surface area contributed by atoms with Gasteiger partial charge in [0, 0.05) is 26.9 Å². The topological polar surface area (TPSA) is 64.4 Å². The van der Waals surface area contributed by atoms with Crippen molar-refractivity contribution in [3.05, 3.63) is 47.8 Å². The van der Waals surface area contributed by atoms with Crippen molar-refractivity contribution in [3.63, 3.8) is 0 Å². The van der Waals surface area contributed by atoms with Crippen molar-refractivity contribution in [1.82, 2.24) is 14.1 Å². The number of hydrogen-bond donors (Lipinski definition) is 0. The molecule has 1 aromatic heterocycles. The molecule has 0 aliphatic carbocycles. The zero-order valence-corrected chi connectivity index (χ0v) is 15.0. The third-order valence-corrected chi connectivity index (χ3v) is 6.51. The van der Waals surface area contributed by atoms with Gasteiger partial charge < -0.3 is 4.74 Å². The quantitative estimate of drug-likeness (QED) is 0.825. The first-order valence-corrected chi connectivity index (χ1v) is 9.44. The predicted molar refractivity (Wildman–Crippen MR) is 91.2 cm³/mol. The highest BCUT2D eigenvalue weighted by Gasteiger charge is 2.41. The van der Waals surface area contributed by atoms with Crippen LogP contribution in [0.25, 0.3) is 0 Å². The molecule has 1 aromatic carbocycles. The lowest BCUT2D eigenvalue weighted by Gasteiger charge is -2.26. The number of sulfonamides is 1. The van der Waals surface area contributed by atoms with E-state index in [1.54, 1.807) is 34.4 Å². The number of aromatic nitrogens is 2. The third kappa shape index (κ3) is 3.24. The second kappa shape index (κ2) is 6.66. The summed E-state index contributed by atoms with van der Waals surface area (Å²) in [5.74, 6) is 0. The molecule has 2 heterocycles. The minimum atomic E-state index is -3.53. The van der Waals surface area contributed by atoms with Crippen LogP contribution in [-0.2, 0) is 28.2 Å². The number of rotatable bonds is 5. The van der Waals surface area contributed by atoms with E-state index in [0.717, 1.165) is 11.1 Å². The van der Waals surface area contributed by atoms with Gasteiger partial charge in [-0.15, -0.1) is 0 Å². The molecule has 0 bridgehead atoms. The summed E-state index contributed by atoms with van der Waals surface area (Å²) in [5.41, 5.74) is 2.05. The van der Waals surface area contributed by atoms with E-state index in [2.05, 4.69) is 5.10 Å². The van der Waals surface area contributed by atoms with Gasteiger partial charge >= 0.3 is 0 Å². The highest BCUT2D eigenvalue weighted by molar-refractivity contribution is 7.89. The van der Waals surface area contributed by atoms with Crippen LogP contribution in [0.15, 0.2) is 41.6 Å². The van der Waals surface area contributed by atoms with Crippen molar-refractivity contribution >= 4 is 10.0 Å². The van der Waals surface area contributed by atoms with Crippen molar-refractivity contribution in [2.45, 2.75) is 36.8 Å². The summed E-state index contributed by atoms with van der Waals surface area (Å²) in [6, 6.07) is 6.78. The molecular weight excluding hydrogens is 326 g/mol. The van der Waals surface area contributed by atoms with Crippen LogP contribution < -0.4 is 0 Å². The minimum absolute atomic E-state index is 0.106. The smallest absolute Gasteiger partial charge is 0.243 e. The van der Waals surface area contributed by atoms with Gasteiger partial charge in [0.1, 0.15) is 0 Å². The monoisotopic (exact) mass is 349 g/mol. The van der Waals surface area contributed by atoms with Crippen LogP contribution in [0.1, 0.15) is 17.5 Å². The Bertz CT molecular complexity index is 799. The molecule has 1 fully saturated rings. The first-order chi connectivity index (χ1) is 11.4. The van der Waals surface area contributed by atoms with Gasteiger partial charge in [0.25, 0.3) is 0 Å². The first kappa shape index (κ1) is 17.1. The summed E-state index contributed by atoms with van der Waals surface area (Å²) in [5, 5.41) is 4.17. The zero-order valence-electron chi connectivity index (χ0n) is 14.2. The lowest BCUT2D eigenvalue weighted by molar-refractivity contribution is 0.0810. The Labute approximate surface area is 143 Å². The molecule has 0 amide bonds. The molecule has 2 aromatic rings. The lowest BCUT2D eigenvalue weighted by Crippen LogP contribution is -2.41. The van der Waals surface area contributed by atoms with Crippen molar-refractivity contribution < 1.29 is 13.2 Å². The average Bonchev–Trinajstić information content (AvgIpc) is 3.14. The molecule has 3 rings (SSSR count). The average molecular weight is 349 g/mol. The molecule has 24 heavy (non-hydrogen) atoms. The van der Waals surface area contributed by atoms with E-state index in [1.807, 2.05) is 32.3 Å². The van der Waals surface area contributed by atoms with Gasteiger partial charge in [-0.2, -0.15) is 9.40 Å². The van der Waals surface area contributed by atoms with Crippen LogP contribution in [0.2, 0.25) is 0 Å². The van der Waals surface area contributed by atoms with Crippen LogP contribution in [0, 0.1) is 6.92 Å². The van der Waals surface area contributed by atoms with E-state index >= 15 is 0 Å². The number of nitrogens with zero attached hydrogens (tertiary/aromatic N) is 3. The largest absolute Gasteiger partial charge is 0.380 e. The van der Waals surface area contributed by atoms with Crippen LogP contribution in [-0.4, -0.2) is 48.3 Å². The van der Waals surface area contributed by atoms with Crippen molar-refractivity contribution in [2.75, 3.05) is 13.7 Å². The molecule has 7 heteroatoms. The molecule has 0 radical (unpaired) electrons. The van der Waals surface area contributed by atoms with E-state index in [-0.39, 0.29) is 12.1 Å².